The molecule has 1 fully saturated rings. The van der Waals surface area contributed by atoms with Crippen LogP contribution in [-0.2, 0) is 21.5 Å². The SMILES string of the molecule is Cc1nn(C)cc1C1=NO[C@H]2C(=O)N(c3ccccc3Cl)C(=O)[C@@H]12. The van der Waals surface area contributed by atoms with Crippen LogP contribution in [0.2, 0.25) is 5.02 Å². The van der Waals surface area contributed by atoms with Crippen molar-refractivity contribution >= 4 is 34.8 Å². The number of anilines is 1. The summed E-state index contributed by atoms with van der Waals surface area (Å²) in [6.07, 6.45) is 0.805. The lowest BCUT2D eigenvalue weighted by atomic mass is 9.94. The van der Waals surface area contributed by atoms with Gasteiger partial charge in [0.25, 0.3) is 5.91 Å². The lowest BCUT2D eigenvalue weighted by molar-refractivity contribution is -0.126. The molecule has 0 unspecified atom stereocenters. The van der Waals surface area contributed by atoms with Gasteiger partial charge in [-0.15, -0.1) is 0 Å². The maximum Gasteiger partial charge on any atom is 0.279 e. The summed E-state index contributed by atoms with van der Waals surface area (Å²) in [6, 6.07) is 6.72. The summed E-state index contributed by atoms with van der Waals surface area (Å²) in [6.45, 7) is 1.82. The van der Waals surface area contributed by atoms with Gasteiger partial charge < -0.3 is 4.84 Å². The summed E-state index contributed by atoms with van der Waals surface area (Å²) in [4.78, 5) is 31.9. The van der Waals surface area contributed by atoms with Crippen LogP contribution in [0.15, 0.2) is 35.6 Å². The van der Waals surface area contributed by atoms with Crippen LogP contribution in [0.3, 0.4) is 0 Å². The second kappa shape index (κ2) is 5.17. The van der Waals surface area contributed by atoms with Gasteiger partial charge in [0.15, 0.2) is 0 Å². The largest absolute Gasteiger partial charge is 0.381 e. The first-order chi connectivity index (χ1) is 11.5. The van der Waals surface area contributed by atoms with Crippen molar-refractivity contribution in [2.24, 2.45) is 18.1 Å². The van der Waals surface area contributed by atoms with Crippen LogP contribution in [0, 0.1) is 12.8 Å². The van der Waals surface area contributed by atoms with E-state index in [-0.39, 0.29) is 0 Å². The van der Waals surface area contributed by atoms with Gasteiger partial charge in [-0.05, 0) is 19.1 Å². The molecule has 0 spiro atoms. The molecule has 24 heavy (non-hydrogen) atoms. The molecule has 0 radical (unpaired) electrons. The Balaban J connectivity index is 1.76. The zero-order chi connectivity index (χ0) is 17.0. The molecule has 4 rings (SSSR count). The minimum Gasteiger partial charge on any atom is -0.381 e. The van der Waals surface area contributed by atoms with Gasteiger partial charge in [-0.3, -0.25) is 14.3 Å². The van der Waals surface area contributed by atoms with Gasteiger partial charge in [0.1, 0.15) is 11.6 Å². The Morgan fingerprint density at radius 1 is 1.21 bits per heavy atom. The Hall–Kier alpha value is -2.67. The minimum atomic E-state index is -0.955. The number of benzene rings is 1. The number of carbonyl (C=O) groups is 2. The molecule has 2 aliphatic rings. The Morgan fingerprint density at radius 2 is 1.96 bits per heavy atom. The van der Waals surface area contributed by atoms with Crippen LogP contribution in [0.5, 0.6) is 0 Å². The van der Waals surface area contributed by atoms with Crippen LogP contribution in [0.1, 0.15) is 11.3 Å². The molecule has 0 bridgehead atoms. The standard InChI is InChI=1S/C16H13ClN4O3/c1-8-9(7-20(2)18-8)13-12-14(24-19-13)16(23)21(15(12)22)11-6-4-3-5-10(11)17/h3-7,12,14H,1-2H3/t12-,14+/m0/s1. The second-order valence-corrected chi connectivity index (χ2v) is 6.15. The van der Waals surface area contributed by atoms with Crippen molar-refractivity contribution in [3.05, 3.63) is 46.7 Å². The third-order valence-electron chi connectivity index (χ3n) is 4.19. The van der Waals surface area contributed by atoms with Crippen LogP contribution >= 0.6 is 11.6 Å². The molecule has 7 nitrogen and oxygen atoms in total. The van der Waals surface area contributed by atoms with E-state index in [4.69, 9.17) is 16.4 Å². The summed E-state index contributed by atoms with van der Waals surface area (Å²) >= 11 is 6.14. The Morgan fingerprint density at radius 3 is 2.62 bits per heavy atom. The van der Waals surface area contributed by atoms with Crippen molar-refractivity contribution < 1.29 is 14.4 Å². The minimum absolute atomic E-state index is 0.329. The van der Waals surface area contributed by atoms with Crippen LogP contribution in [0.4, 0.5) is 5.69 Å². The molecular weight excluding hydrogens is 332 g/mol. The number of fused-ring (bicyclic) bond motifs is 1. The number of amides is 2. The maximum atomic E-state index is 12.9. The third-order valence-corrected chi connectivity index (χ3v) is 4.51. The van der Waals surface area contributed by atoms with E-state index in [1.165, 1.54) is 0 Å². The summed E-state index contributed by atoms with van der Waals surface area (Å²) in [7, 11) is 1.78. The molecule has 0 aliphatic carbocycles. The van der Waals surface area contributed by atoms with E-state index in [0.29, 0.717) is 22.0 Å². The summed E-state index contributed by atoms with van der Waals surface area (Å²) in [5.41, 5.74) is 2.21. The fourth-order valence-corrected chi connectivity index (χ4v) is 3.34. The van der Waals surface area contributed by atoms with E-state index in [0.717, 1.165) is 10.6 Å². The lowest BCUT2D eigenvalue weighted by Crippen LogP contribution is -2.33. The predicted octanol–water partition coefficient (Wildman–Crippen LogP) is 1.67. The number of hydrogen-bond acceptors (Lipinski definition) is 5. The molecular formula is C16H13ClN4O3. The van der Waals surface area contributed by atoms with E-state index in [1.54, 1.807) is 42.2 Å². The quantitative estimate of drug-likeness (QED) is 0.777. The molecule has 1 aromatic heterocycles. The first-order valence-electron chi connectivity index (χ1n) is 7.35. The molecule has 1 saturated heterocycles. The van der Waals surface area contributed by atoms with Crippen LogP contribution in [-0.4, -0.2) is 33.4 Å². The molecule has 2 amide bonds. The zero-order valence-electron chi connectivity index (χ0n) is 12.9. The normalized spacial score (nSPS) is 22.6. The zero-order valence-corrected chi connectivity index (χ0v) is 13.7. The van der Waals surface area contributed by atoms with Crippen LogP contribution < -0.4 is 4.90 Å². The number of nitrogens with zero attached hydrogens (tertiary/aromatic N) is 4. The summed E-state index contributed by atoms with van der Waals surface area (Å²) in [5, 5.41) is 8.56. The molecule has 8 heteroatoms. The van der Waals surface area contributed by atoms with E-state index in [9.17, 15) is 9.59 Å². The number of imide groups is 1. The second-order valence-electron chi connectivity index (χ2n) is 5.75. The third kappa shape index (κ3) is 1.98. The van der Waals surface area contributed by atoms with Crippen LogP contribution in [0.25, 0.3) is 0 Å². The van der Waals surface area contributed by atoms with E-state index >= 15 is 0 Å². The number of halogens is 1. The Bertz CT molecular complexity index is 904. The average Bonchev–Trinajstić information content (AvgIpc) is 3.17. The molecule has 0 N–H and O–H groups in total. The number of carbonyl (C=O) groups excluding carboxylic acids is 2. The van der Waals surface area contributed by atoms with E-state index in [1.807, 2.05) is 6.92 Å². The highest BCUT2D eigenvalue weighted by Crippen LogP contribution is 2.37. The van der Waals surface area contributed by atoms with Gasteiger partial charge >= 0.3 is 0 Å². The smallest absolute Gasteiger partial charge is 0.279 e. The van der Waals surface area contributed by atoms with Gasteiger partial charge in [0.05, 0.1) is 16.4 Å². The summed E-state index contributed by atoms with van der Waals surface area (Å²) in [5.74, 6) is -1.63. The number of aromatic nitrogens is 2. The van der Waals surface area contributed by atoms with Crippen molar-refractivity contribution in [1.29, 1.82) is 0 Å². The van der Waals surface area contributed by atoms with Crippen molar-refractivity contribution in [1.82, 2.24) is 9.78 Å². The van der Waals surface area contributed by atoms with E-state index in [2.05, 4.69) is 10.3 Å². The number of rotatable bonds is 2. The highest BCUT2D eigenvalue weighted by atomic mass is 35.5. The molecule has 2 aromatic rings. The molecule has 2 atom stereocenters. The monoisotopic (exact) mass is 344 g/mol. The molecule has 0 saturated carbocycles. The topological polar surface area (TPSA) is 76.8 Å². The number of hydrogen-bond donors (Lipinski definition) is 0. The van der Waals surface area contributed by atoms with E-state index < -0.39 is 23.8 Å². The predicted molar refractivity (Wildman–Crippen MR) is 86.8 cm³/mol. The Kier molecular flexibility index (Phi) is 3.21. The average molecular weight is 345 g/mol. The highest BCUT2D eigenvalue weighted by Gasteiger charge is 2.56. The first-order valence-corrected chi connectivity index (χ1v) is 7.73. The van der Waals surface area contributed by atoms with Gasteiger partial charge in [-0.1, -0.05) is 28.9 Å². The summed E-state index contributed by atoms with van der Waals surface area (Å²) < 4.78 is 1.63. The fraction of sp³-hybridized carbons (Fsp3) is 0.250. The number of oxime groups is 1. The van der Waals surface area contributed by atoms with Crippen molar-refractivity contribution in [3.8, 4) is 0 Å². The van der Waals surface area contributed by atoms with Crippen molar-refractivity contribution in [2.45, 2.75) is 13.0 Å². The molecule has 122 valence electrons. The van der Waals surface area contributed by atoms with Gasteiger partial charge in [0.2, 0.25) is 12.0 Å². The Labute approximate surface area is 142 Å². The van der Waals surface area contributed by atoms with Crippen molar-refractivity contribution in [3.63, 3.8) is 0 Å². The van der Waals surface area contributed by atoms with Gasteiger partial charge in [0, 0.05) is 18.8 Å². The molecule has 1 aromatic carbocycles. The fourth-order valence-electron chi connectivity index (χ4n) is 3.12. The lowest BCUT2D eigenvalue weighted by Gasteiger charge is -2.16. The van der Waals surface area contributed by atoms with Crippen molar-refractivity contribution in [2.75, 3.05) is 4.90 Å². The highest BCUT2D eigenvalue weighted by molar-refractivity contribution is 6.38. The molecule has 2 aliphatic heterocycles. The van der Waals surface area contributed by atoms with Gasteiger partial charge in [-0.25, -0.2) is 4.90 Å². The first kappa shape index (κ1) is 14.9. The maximum absolute atomic E-state index is 12.9. The number of aryl methyl sites for hydroxylation is 2. The van der Waals surface area contributed by atoms with Gasteiger partial charge in [-0.2, -0.15) is 5.10 Å². The number of para-hydroxylation sites is 1. The molecule has 3 heterocycles.